The molecule has 0 N–H and O–H groups in total. The molecule has 0 aromatic carbocycles. The maximum Gasteiger partial charge on any atom is 0.389 e. The van der Waals surface area contributed by atoms with Crippen LogP contribution in [0, 0.1) is 24.0 Å². The van der Waals surface area contributed by atoms with Gasteiger partial charge in [0.15, 0.2) is 5.78 Å². The van der Waals surface area contributed by atoms with E-state index >= 15 is 0 Å². The number of rotatable bonds is 5. The van der Waals surface area contributed by atoms with Gasteiger partial charge in [-0.3, -0.25) is 4.79 Å². The number of nitrogens with zero attached hydrogens (tertiary/aromatic N) is 4. The van der Waals surface area contributed by atoms with Gasteiger partial charge < -0.3 is 14.7 Å². The molecule has 0 spiro atoms. The van der Waals surface area contributed by atoms with Gasteiger partial charge in [0.1, 0.15) is 6.54 Å². The van der Waals surface area contributed by atoms with Gasteiger partial charge in [-0.25, -0.2) is 0 Å². The van der Waals surface area contributed by atoms with E-state index in [2.05, 4.69) is 9.67 Å². The van der Waals surface area contributed by atoms with E-state index in [9.17, 15) is 14.9 Å². The minimum Gasteiger partial charge on any atom is -0.358 e. The third kappa shape index (κ3) is 2.47. The first-order valence-electron chi connectivity index (χ1n) is 6.31. The van der Waals surface area contributed by atoms with Gasteiger partial charge in [-0.1, -0.05) is 0 Å². The largest absolute Gasteiger partial charge is 0.389 e. The minimum absolute atomic E-state index is 0.00183. The summed E-state index contributed by atoms with van der Waals surface area (Å²) < 4.78 is 3.34. The van der Waals surface area contributed by atoms with Crippen LogP contribution in [0.2, 0.25) is 0 Å². The summed E-state index contributed by atoms with van der Waals surface area (Å²) in [5, 5.41) is 14.3. The van der Waals surface area contributed by atoms with Crippen LogP contribution in [0.3, 0.4) is 0 Å². The average molecular weight is 276 g/mol. The second-order valence-corrected chi connectivity index (χ2v) is 4.58. The molecule has 7 heteroatoms. The van der Waals surface area contributed by atoms with Gasteiger partial charge in [0, 0.05) is 23.5 Å². The highest BCUT2D eigenvalue weighted by Gasteiger charge is 2.18. The molecular weight excluding hydrogens is 260 g/mol. The normalized spacial score (nSPS) is 10.8. The third-order valence-electron chi connectivity index (χ3n) is 3.31. The number of aromatic nitrogens is 3. The van der Waals surface area contributed by atoms with Crippen molar-refractivity contribution in [2.24, 2.45) is 0 Å². The van der Waals surface area contributed by atoms with Crippen LogP contribution < -0.4 is 0 Å². The molecule has 2 aromatic heterocycles. The Balaban J connectivity index is 2.21. The summed E-state index contributed by atoms with van der Waals surface area (Å²) in [4.78, 5) is 22.2. The number of ketones is 1. The lowest BCUT2D eigenvalue weighted by Crippen LogP contribution is -2.12. The molecular formula is C13H16N4O3. The van der Waals surface area contributed by atoms with Gasteiger partial charge in [-0.05, 0) is 31.8 Å². The molecule has 0 saturated carbocycles. The van der Waals surface area contributed by atoms with E-state index in [0.717, 1.165) is 17.9 Å². The highest BCUT2D eigenvalue weighted by molar-refractivity contribution is 5.97. The molecule has 0 aliphatic heterocycles. The molecule has 106 valence electrons. The number of hydrogen-bond donors (Lipinski definition) is 0. The van der Waals surface area contributed by atoms with Crippen LogP contribution in [-0.2, 0) is 13.1 Å². The smallest absolute Gasteiger partial charge is 0.358 e. The first-order valence-corrected chi connectivity index (χ1v) is 6.31. The molecule has 0 unspecified atom stereocenters. The number of hydrogen-bond acceptors (Lipinski definition) is 4. The fourth-order valence-electron chi connectivity index (χ4n) is 2.34. The van der Waals surface area contributed by atoms with E-state index in [1.807, 2.05) is 26.8 Å². The summed E-state index contributed by atoms with van der Waals surface area (Å²) in [6.07, 6.45) is 1.44. The lowest BCUT2D eigenvalue weighted by Gasteiger charge is -2.05. The Hall–Kier alpha value is -2.44. The molecule has 2 heterocycles. The Kier molecular flexibility index (Phi) is 3.69. The molecule has 2 aromatic rings. The van der Waals surface area contributed by atoms with Crippen molar-refractivity contribution >= 4 is 11.6 Å². The summed E-state index contributed by atoms with van der Waals surface area (Å²) >= 11 is 0. The quantitative estimate of drug-likeness (QED) is 0.475. The van der Waals surface area contributed by atoms with Crippen molar-refractivity contribution in [1.82, 2.24) is 14.3 Å². The Morgan fingerprint density at radius 1 is 1.45 bits per heavy atom. The second kappa shape index (κ2) is 5.28. The predicted molar refractivity (Wildman–Crippen MR) is 72.8 cm³/mol. The molecule has 20 heavy (non-hydrogen) atoms. The fourth-order valence-corrected chi connectivity index (χ4v) is 2.34. The molecule has 2 rings (SSSR count). The molecule has 0 amide bonds. The van der Waals surface area contributed by atoms with Crippen LogP contribution in [0.1, 0.15) is 28.7 Å². The van der Waals surface area contributed by atoms with E-state index in [0.29, 0.717) is 5.56 Å². The fraction of sp³-hybridized carbons (Fsp3) is 0.385. The highest BCUT2D eigenvalue weighted by Crippen LogP contribution is 2.16. The van der Waals surface area contributed by atoms with Gasteiger partial charge in [-0.15, -0.1) is 0 Å². The molecule has 0 fully saturated rings. The first-order chi connectivity index (χ1) is 9.43. The summed E-state index contributed by atoms with van der Waals surface area (Å²) in [6, 6.07) is 3.13. The third-order valence-corrected chi connectivity index (χ3v) is 3.31. The molecule has 0 bridgehead atoms. The van der Waals surface area contributed by atoms with Gasteiger partial charge >= 0.3 is 5.82 Å². The number of nitro groups is 1. The Morgan fingerprint density at radius 2 is 2.15 bits per heavy atom. The van der Waals surface area contributed by atoms with Crippen molar-refractivity contribution in [2.45, 2.75) is 33.9 Å². The molecule has 0 atom stereocenters. The number of Topliss-reactive ketones (excluding diaryl/α,β-unsaturated/α-hetero) is 1. The van der Waals surface area contributed by atoms with E-state index in [-0.39, 0.29) is 18.1 Å². The van der Waals surface area contributed by atoms with Crippen molar-refractivity contribution in [3.8, 4) is 0 Å². The van der Waals surface area contributed by atoms with Gasteiger partial charge in [0.25, 0.3) is 0 Å². The maximum absolute atomic E-state index is 12.3. The summed E-state index contributed by atoms with van der Waals surface area (Å²) in [5.41, 5.74) is 2.58. The summed E-state index contributed by atoms with van der Waals surface area (Å²) in [6.45, 7) is 6.67. The van der Waals surface area contributed by atoms with E-state index in [4.69, 9.17) is 0 Å². The molecule has 0 aliphatic rings. The van der Waals surface area contributed by atoms with Crippen LogP contribution >= 0.6 is 0 Å². The number of carbonyl (C=O) groups excluding carboxylic acids is 1. The minimum atomic E-state index is -0.579. The van der Waals surface area contributed by atoms with Gasteiger partial charge in [-0.2, -0.15) is 4.68 Å². The maximum atomic E-state index is 12.3. The zero-order valence-electron chi connectivity index (χ0n) is 11.7. The van der Waals surface area contributed by atoms with Crippen molar-refractivity contribution in [3.63, 3.8) is 0 Å². The molecule has 7 nitrogen and oxygen atoms in total. The lowest BCUT2D eigenvalue weighted by atomic mass is 10.1. The lowest BCUT2D eigenvalue weighted by molar-refractivity contribution is -0.389. The topological polar surface area (TPSA) is 83.0 Å². The van der Waals surface area contributed by atoms with E-state index < -0.39 is 4.92 Å². The van der Waals surface area contributed by atoms with Crippen LogP contribution in [0.5, 0.6) is 0 Å². The predicted octanol–water partition coefficient (Wildman–Crippen LogP) is 2.11. The monoisotopic (exact) mass is 276 g/mol. The van der Waals surface area contributed by atoms with Crippen molar-refractivity contribution in [3.05, 3.63) is 45.4 Å². The van der Waals surface area contributed by atoms with Gasteiger partial charge in [0.2, 0.25) is 0 Å². The van der Waals surface area contributed by atoms with Crippen LogP contribution in [-0.4, -0.2) is 25.1 Å². The zero-order chi connectivity index (χ0) is 14.9. The van der Waals surface area contributed by atoms with E-state index in [1.54, 1.807) is 0 Å². The zero-order valence-corrected chi connectivity index (χ0v) is 11.7. The molecule has 0 aliphatic carbocycles. The van der Waals surface area contributed by atoms with Crippen molar-refractivity contribution < 1.29 is 9.72 Å². The molecule has 0 saturated heterocycles. The molecule has 0 radical (unpaired) electrons. The Bertz CT molecular complexity index is 669. The Labute approximate surface area is 116 Å². The SMILES string of the molecule is CCn1c(C)cc(C(=O)Cn2ccc([N+](=O)[O-])n2)c1C. The number of carbonyl (C=O) groups is 1. The second-order valence-electron chi connectivity index (χ2n) is 4.58. The first kappa shape index (κ1) is 14.0. The van der Waals surface area contributed by atoms with Crippen LogP contribution in [0.4, 0.5) is 5.82 Å². The number of aryl methyl sites for hydroxylation is 1. The van der Waals surface area contributed by atoms with Crippen molar-refractivity contribution in [2.75, 3.05) is 0 Å². The highest BCUT2D eigenvalue weighted by atomic mass is 16.6. The van der Waals surface area contributed by atoms with E-state index in [1.165, 1.54) is 16.9 Å². The summed E-state index contributed by atoms with van der Waals surface area (Å²) in [5.74, 6) is -0.354. The van der Waals surface area contributed by atoms with Crippen molar-refractivity contribution in [1.29, 1.82) is 0 Å². The average Bonchev–Trinajstić information content (AvgIpc) is 2.94. The van der Waals surface area contributed by atoms with Crippen LogP contribution in [0.15, 0.2) is 18.3 Å². The Morgan fingerprint density at radius 3 is 2.65 bits per heavy atom. The summed E-state index contributed by atoms with van der Waals surface area (Å²) in [7, 11) is 0. The van der Waals surface area contributed by atoms with Gasteiger partial charge in [0.05, 0.1) is 17.4 Å². The van der Waals surface area contributed by atoms with Crippen LogP contribution in [0.25, 0.3) is 0 Å². The standard InChI is InChI=1S/C13H16N4O3/c1-4-16-9(2)7-11(10(16)3)12(18)8-15-6-5-13(14-15)17(19)20/h5-7H,4,8H2,1-3H3.